The molecule has 2 heteroatoms. The lowest BCUT2D eigenvalue weighted by atomic mass is 9.83. The van der Waals surface area contributed by atoms with Crippen molar-refractivity contribution in [2.24, 2.45) is 0 Å². The van der Waals surface area contributed by atoms with Crippen molar-refractivity contribution in [3.63, 3.8) is 0 Å². The first-order valence-corrected chi connectivity index (χ1v) is 24.3. The monoisotopic (exact) mass is 885 g/mol. The molecule has 10 rings (SSSR count). The number of nitrogens with zero attached hydrogens (tertiary/aromatic N) is 2. The molecule has 0 saturated carbocycles. The summed E-state index contributed by atoms with van der Waals surface area (Å²) in [6, 6.07) is 58.4. The number of aryl methyl sites for hydroxylation is 10. The number of rotatable bonds is 8. The molecule has 0 saturated heterocycles. The molecule has 0 atom stereocenters. The van der Waals surface area contributed by atoms with Gasteiger partial charge >= 0.3 is 0 Å². The highest BCUT2D eigenvalue weighted by molar-refractivity contribution is 6.29. The molecule has 0 heterocycles. The Hall–Kier alpha value is -7.16. The second-order valence-electron chi connectivity index (χ2n) is 21.0. The second-order valence-corrected chi connectivity index (χ2v) is 21.0. The fourth-order valence-corrected chi connectivity index (χ4v) is 11.2. The Kier molecular flexibility index (Phi) is 11.1. The van der Waals surface area contributed by atoms with Gasteiger partial charge in [0.1, 0.15) is 0 Å². The normalized spacial score (nSPS) is 11.9. The summed E-state index contributed by atoms with van der Waals surface area (Å²) >= 11 is 0. The van der Waals surface area contributed by atoms with E-state index in [0.29, 0.717) is 0 Å². The number of hydrogen-bond acceptors (Lipinski definition) is 2. The predicted octanol–water partition coefficient (Wildman–Crippen LogP) is 19.2. The third kappa shape index (κ3) is 7.80. The van der Waals surface area contributed by atoms with Crippen LogP contribution in [0, 0.1) is 69.2 Å². The molecule has 10 aromatic rings. The van der Waals surface area contributed by atoms with Gasteiger partial charge in [0, 0.05) is 38.9 Å². The zero-order chi connectivity index (χ0) is 47.9. The van der Waals surface area contributed by atoms with Crippen LogP contribution in [0.3, 0.4) is 0 Å². The van der Waals surface area contributed by atoms with E-state index in [4.69, 9.17) is 0 Å². The van der Waals surface area contributed by atoms with E-state index >= 15 is 0 Å². The van der Waals surface area contributed by atoms with Gasteiger partial charge in [0.25, 0.3) is 0 Å². The maximum atomic E-state index is 2.57. The molecule has 0 bridgehead atoms. The van der Waals surface area contributed by atoms with Crippen molar-refractivity contribution in [1.29, 1.82) is 0 Å². The smallest absolute Gasteiger partial charge is 0.0561 e. The molecule has 0 N–H and O–H groups in total. The molecule has 0 unspecified atom stereocenters. The molecule has 0 aromatic heterocycles. The fraction of sp³-hybridized carbons (Fsp3) is 0.212. The molecule has 0 aliphatic heterocycles. The maximum absolute atomic E-state index is 2.57. The molecular formula is C66H64N2. The van der Waals surface area contributed by atoms with Crippen molar-refractivity contribution in [1.82, 2.24) is 0 Å². The Morgan fingerprint density at radius 1 is 0.324 bits per heavy atom. The van der Waals surface area contributed by atoms with Crippen molar-refractivity contribution >= 4 is 66.4 Å². The van der Waals surface area contributed by atoms with Crippen molar-refractivity contribution in [3.05, 3.63) is 213 Å². The SMILES string of the molecule is Cc1cc(C)cc(N(c2cc(-c3c(C)cccc3C)ccc2C)c2cc(N(c3cc(C)cc(C)c3)c3cc(-c4c(C)cccc4C)ccc3C)c3ccc4cc(C(C)(C)C)cc5ccc2c3c54)c1. The Morgan fingerprint density at radius 3 is 1.07 bits per heavy atom. The van der Waals surface area contributed by atoms with Crippen LogP contribution in [0.5, 0.6) is 0 Å². The number of anilines is 6. The standard InChI is InChI=1S/C66H64N2/c1-39-28-40(2)31-54(30-39)67(58-36-51(22-20-43(58)5)62-45(7)16-14-17-46(62)8)60-38-61(57-27-25-50-35-53(66(11,12)13)34-49-24-26-56(60)65(57)64(49)50)68(55-32-41(3)29-42(4)33-55)59-37-52(23-21-44(59)6)63-47(9)18-15-19-48(63)10/h14-38H,1-13H3. The fourth-order valence-electron chi connectivity index (χ4n) is 11.2. The van der Waals surface area contributed by atoms with Gasteiger partial charge < -0.3 is 9.80 Å². The molecule has 338 valence electrons. The van der Waals surface area contributed by atoms with Gasteiger partial charge in [0.2, 0.25) is 0 Å². The number of benzene rings is 10. The minimum absolute atomic E-state index is 0.00353. The van der Waals surface area contributed by atoms with Crippen molar-refractivity contribution in [3.8, 4) is 22.3 Å². The van der Waals surface area contributed by atoms with Gasteiger partial charge in [-0.1, -0.05) is 130 Å². The van der Waals surface area contributed by atoms with E-state index in [1.54, 1.807) is 0 Å². The van der Waals surface area contributed by atoms with Crippen LogP contribution in [-0.4, -0.2) is 0 Å². The van der Waals surface area contributed by atoms with Crippen LogP contribution in [0.25, 0.3) is 54.6 Å². The van der Waals surface area contributed by atoms with Crippen molar-refractivity contribution < 1.29 is 0 Å². The first kappa shape index (κ1) is 44.7. The molecule has 0 fully saturated rings. The quantitative estimate of drug-likeness (QED) is 0.140. The summed E-state index contributed by atoms with van der Waals surface area (Å²) in [7, 11) is 0. The van der Waals surface area contributed by atoms with E-state index in [9.17, 15) is 0 Å². The molecular weight excluding hydrogens is 821 g/mol. The third-order valence-electron chi connectivity index (χ3n) is 14.4. The van der Waals surface area contributed by atoms with E-state index in [0.717, 1.165) is 34.1 Å². The summed E-state index contributed by atoms with van der Waals surface area (Å²) in [5.74, 6) is 0. The van der Waals surface area contributed by atoms with Crippen molar-refractivity contribution in [2.45, 2.75) is 95.4 Å². The maximum Gasteiger partial charge on any atom is 0.0561 e. The highest BCUT2D eigenvalue weighted by atomic mass is 15.2. The summed E-state index contributed by atoms with van der Waals surface area (Å²) < 4.78 is 0. The van der Waals surface area contributed by atoms with Crippen LogP contribution < -0.4 is 9.80 Å². The first-order chi connectivity index (χ1) is 32.4. The van der Waals surface area contributed by atoms with Gasteiger partial charge in [-0.2, -0.15) is 0 Å². The van der Waals surface area contributed by atoms with Crippen LogP contribution in [-0.2, 0) is 5.41 Å². The van der Waals surface area contributed by atoms with Crippen LogP contribution in [0.4, 0.5) is 34.1 Å². The zero-order valence-corrected chi connectivity index (χ0v) is 42.3. The van der Waals surface area contributed by atoms with Gasteiger partial charge in [0.05, 0.1) is 11.4 Å². The largest absolute Gasteiger partial charge is 0.309 e. The van der Waals surface area contributed by atoms with Gasteiger partial charge in [-0.05, 0) is 217 Å². The summed E-state index contributed by atoms with van der Waals surface area (Å²) in [6.45, 7) is 29.4. The lowest BCUT2D eigenvalue weighted by Crippen LogP contribution is -2.16. The van der Waals surface area contributed by atoms with E-state index < -0.39 is 0 Å². The topological polar surface area (TPSA) is 6.48 Å². The summed E-state index contributed by atoms with van der Waals surface area (Å²) in [5, 5.41) is 7.57. The molecule has 0 spiro atoms. The van der Waals surface area contributed by atoms with Gasteiger partial charge in [-0.3, -0.25) is 0 Å². The summed E-state index contributed by atoms with van der Waals surface area (Å²) in [5.41, 5.74) is 25.7. The summed E-state index contributed by atoms with van der Waals surface area (Å²) in [4.78, 5) is 5.14. The second kappa shape index (κ2) is 16.9. The molecule has 2 nitrogen and oxygen atoms in total. The number of hydrogen-bond donors (Lipinski definition) is 0. The molecule has 10 aromatic carbocycles. The van der Waals surface area contributed by atoms with Gasteiger partial charge in [-0.15, -0.1) is 0 Å². The minimum Gasteiger partial charge on any atom is -0.309 e. The average molecular weight is 885 g/mol. The molecule has 0 amide bonds. The van der Waals surface area contributed by atoms with Crippen LogP contribution in [0.1, 0.15) is 82.0 Å². The Morgan fingerprint density at radius 2 is 0.706 bits per heavy atom. The van der Waals surface area contributed by atoms with Crippen LogP contribution in [0.2, 0.25) is 0 Å². The van der Waals surface area contributed by atoms with Crippen molar-refractivity contribution in [2.75, 3.05) is 9.80 Å². The molecule has 0 aliphatic rings. The molecule has 0 radical (unpaired) electrons. The predicted molar refractivity (Wildman–Crippen MR) is 296 cm³/mol. The van der Waals surface area contributed by atoms with Crippen LogP contribution in [0.15, 0.2) is 152 Å². The van der Waals surface area contributed by atoms with Gasteiger partial charge in [-0.25, -0.2) is 0 Å². The minimum atomic E-state index is -0.00353. The third-order valence-corrected chi connectivity index (χ3v) is 14.4. The Balaban J connectivity index is 1.38. The van der Waals surface area contributed by atoms with Crippen LogP contribution >= 0.6 is 0 Å². The zero-order valence-electron chi connectivity index (χ0n) is 42.3. The van der Waals surface area contributed by atoms with E-state index in [1.807, 2.05) is 0 Å². The Labute approximate surface area is 404 Å². The van der Waals surface area contributed by atoms with E-state index in [2.05, 4.69) is 251 Å². The van der Waals surface area contributed by atoms with E-state index in [1.165, 1.54) is 116 Å². The molecule has 0 aliphatic carbocycles. The summed E-state index contributed by atoms with van der Waals surface area (Å²) in [6.07, 6.45) is 0. The average Bonchev–Trinajstić information content (AvgIpc) is 3.27. The first-order valence-electron chi connectivity index (χ1n) is 24.3. The van der Waals surface area contributed by atoms with E-state index in [-0.39, 0.29) is 5.41 Å². The molecule has 68 heavy (non-hydrogen) atoms. The van der Waals surface area contributed by atoms with Gasteiger partial charge in [0.15, 0.2) is 0 Å². The Bertz CT molecular complexity index is 3310. The lowest BCUT2D eigenvalue weighted by molar-refractivity contribution is 0.591. The highest BCUT2D eigenvalue weighted by Gasteiger charge is 2.28. The highest BCUT2D eigenvalue weighted by Crippen LogP contribution is 2.52. The lowest BCUT2D eigenvalue weighted by Gasteiger charge is -2.34.